The fourth-order valence-corrected chi connectivity index (χ4v) is 2.62. The highest BCUT2D eigenvalue weighted by Gasteiger charge is 2.26. The summed E-state index contributed by atoms with van der Waals surface area (Å²) in [6.07, 6.45) is 0.627. The molecule has 5 nitrogen and oxygen atoms in total. The van der Waals surface area contributed by atoms with Crippen molar-refractivity contribution in [3.05, 3.63) is 65.7 Å². The van der Waals surface area contributed by atoms with Crippen LogP contribution in [0.15, 0.2) is 54.6 Å². The van der Waals surface area contributed by atoms with Gasteiger partial charge in [-0.15, -0.1) is 0 Å². The number of carbonyl (C=O) groups excluding carboxylic acids is 1. The number of carbonyl (C=O) groups is 1. The van der Waals surface area contributed by atoms with Crippen molar-refractivity contribution < 1.29 is 19.4 Å². The Hall–Kier alpha value is -2.37. The molecule has 0 heterocycles. The second-order valence-electron chi connectivity index (χ2n) is 6.31. The molecular formula is C20H25NO4. The summed E-state index contributed by atoms with van der Waals surface area (Å²) in [7, 11) is 1.37. The second kappa shape index (κ2) is 8.65. The van der Waals surface area contributed by atoms with Crippen LogP contribution in [0, 0.1) is 5.92 Å². The lowest BCUT2D eigenvalue weighted by molar-refractivity contribution is -0.139. The van der Waals surface area contributed by atoms with Crippen molar-refractivity contribution in [2.45, 2.75) is 25.5 Å². The van der Waals surface area contributed by atoms with E-state index in [9.17, 15) is 9.90 Å². The third-order valence-corrected chi connectivity index (χ3v) is 3.97. The Labute approximate surface area is 148 Å². The van der Waals surface area contributed by atoms with Gasteiger partial charge >= 0.3 is 5.97 Å². The maximum absolute atomic E-state index is 11.2. The van der Waals surface area contributed by atoms with Gasteiger partial charge in [0.1, 0.15) is 11.5 Å². The van der Waals surface area contributed by atoms with Crippen molar-refractivity contribution in [1.82, 2.24) is 0 Å². The second-order valence-corrected chi connectivity index (χ2v) is 6.31. The fourth-order valence-electron chi connectivity index (χ4n) is 2.62. The maximum Gasteiger partial charge on any atom is 0.309 e. The van der Waals surface area contributed by atoms with Gasteiger partial charge in [0.05, 0.1) is 20.1 Å². The fraction of sp³-hybridized carbons (Fsp3) is 0.350. The molecule has 0 fully saturated rings. The first-order chi connectivity index (χ1) is 11.9. The van der Waals surface area contributed by atoms with Gasteiger partial charge < -0.3 is 14.6 Å². The molecular weight excluding hydrogens is 318 g/mol. The first-order valence-electron chi connectivity index (χ1n) is 8.26. The molecule has 0 unspecified atom stereocenters. The summed E-state index contributed by atoms with van der Waals surface area (Å²) in [6.45, 7) is 2.41. The molecule has 0 aliphatic rings. The molecule has 0 aliphatic heterocycles. The van der Waals surface area contributed by atoms with Gasteiger partial charge in [0.15, 0.2) is 0 Å². The number of methoxy groups -OCH3 is 1. The lowest BCUT2D eigenvalue weighted by Crippen LogP contribution is -2.38. The highest BCUT2D eigenvalue weighted by molar-refractivity contribution is 5.72. The molecule has 0 radical (unpaired) electrons. The minimum atomic E-state index is -1.38. The molecule has 0 bridgehead atoms. The predicted octanol–water partition coefficient (Wildman–Crippen LogP) is 2.61. The number of hydrogen-bond donors (Lipinski definition) is 2. The van der Waals surface area contributed by atoms with E-state index in [0.29, 0.717) is 24.3 Å². The zero-order chi connectivity index (χ0) is 18.3. The van der Waals surface area contributed by atoms with E-state index >= 15 is 0 Å². The average molecular weight is 343 g/mol. The Morgan fingerprint density at radius 2 is 1.80 bits per heavy atom. The van der Waals surface area contributed by atoms with Gasteiger partial charge in [0.25, 0.3) is 0 Å². The van der Waals surface area contributed by atoms with E-state index in [2.05, 4.69) is 4.74 Å². The number of nitrogens with two attached hydrogens (primary N) is 1. The largest absolute Gasteiger partial charge is 0.493 e. The van der Waals surface area contributed by atoms with Crippen LogP contribution in [0.3, 0.4) is 0 Å². The highest BCUT2D eigenvalue weighted by atomic mass is 16.5. The van der Waals surface area contributed by atoms with E-state index < -0.39 is 5.72 Å². The van der Waals surface area contributed by atoms with Gasteiger partial charge in [0, 0.05) is 0 Å². The highest BCUT2D eigenvalue weighted by Crippen LogP contribution is 2.24. The van der Waals surface area contributed by atoms with Gasteiger partial charge in [-0.25, -0.2) is 0 Å². The first-order valence-corrected chi connectivity index (χ1v) is 8.26. The van der Waals surface area contributed by atoms with Crippen molar-refractivity contribution in [2.75, 3.05) is 13.7 Å². The lowest BCUT2D eigenvalue weighted by atomic mass is 9.93. The molecule has 0 spiro atoms. The van der Waals surface area contributed by atoms with Gasteiger partial charge in [-0.3, -0.25) is 10.5 Å². The van der Waals surface area contributed by atoms with Crippen LogP contribution in [-0.2, 0) is 21.7 Å². The number of esters is 1. The number of aliphatic hydroxyl groups is 1. The summed E-state index contributed by atoms with van der Waals surface area (Å²) in [5.74, 6) is 0.496. The predicted molar refractivity (Wildman–Crippen MR) is 96.0 cm³/mol. The minimum absolute atomic E-state index is 0.0601. The molecule has 5 heteroatoms. The third kappa shape index (κ3) is 5.89. The Balaban J connectivity index is 1.85. The Kier molecular flexibility index (Phi) is 6.56. The summed E-state index contributed by atoms with van der Waals surface area (Å²) in [5, 5.41) is 10.5. The first kappa shape index (κ1) is 19.0. The van der Waals surface area contributed by atoms with Crippen LogP contribution >= 0.6 is 0 Å². The smallest absolute Gasteiger partial charge is 0.309 e. The van der Waals surface area contributed by atoms with Gasteiger partial charge in [-0.05, 0) is 35.6 Å². The summed E-state index contributed by atoms with van der Waals surface area (Å²) in [6, 6.07) is 16.5. The molecule has 134 valence electrons. The van der Waals surface area contributed by atoms with E-state index in [1.807, 2.05) is 61.5 Å². The van der Waals surface area contributed by atoms with Crippen molar-refractivity contribution in [1.29, 1.82) is 0 Å². The molecule has 0 amide bonds. The van der Waals surface area contributed by atoms with Crippen molar-refractivity contribution in [3.63, 3.8) is 0 Å². The van der Waals surface area contributed by atoms with Crippen LogP contribution in [0.5, 0.6) is 5.75 Å². The zero-order valence-electron chi connectivity index (χ0n) is 14.6. The Morgan fingerprint density at radius 3 is 2.40 bits per heavy atom. The minimum Gasteiger partial charge on any atom is -0.493 e. The summed E-state index contributed by atoms with van der Waals surface area (Å²) in [4.78, 5) is 11.2. The van der Waals surface area contributed by atoms with Gasteiger partial charge in [-0.2, -0.15) is 0 Å². The van der Waals surface area contributed by atoms with E-state index in [4.69, 9.17) is 10.5 Å². The quantitative estimate of drug-likeness (QED) is 0.569. The van der Waals surface area contributed by atoms with Crippen molar-refractivity contribution >= 4 is 5.97 Å². The third-order valence-electron chi connectivity index (χ3n) is 3.97. The monoisotopic (exact) mass is 343 g/mol. The van der Waals surface area contributed by atoms with Crippen LogP contribution < -0.4 is 10.5 Å². The Morgan fingerprint density at radius 1 is 1.16 bits per heavy atom. The zero-order valence-corrected chi connectivity index (χ0v) is 14.6. The number of hydrogen-bond acceptors (Lipinski definition) is 5. The molecule has 2 aromatic carbocycles. The maximum atomic E-state index is 11.2. The van der Waals surface area contributed by atoms with E-state index in [-0.39, 0.29) is 18.3 Å². The van der Waals surface area contributed by atoms with Gasteiger partial charge in [0.2, 0.25) is 0 Å². The topological polar surface area (TPSA) is 81.8 Å². The molecule has 2 rings (SSSR count). The SMILES string of the molecule is COC(=O)Cc1ccc(OC[C@@H](C)C[C@](N)(O)c2ccccc2)cc1. The lowest BCUT2D eigenvalue weighted by Gasteiger charge is -2.27. The van der Waals surface area contributed by atoms with Crippen LogP contribution in [0.2, 0.25) is 0 Å². The van der Waals surface area contributed by atoms with Crippen molar-refractivity contribution in [2.24, 2.45) is 11.7 Å². The molecule has 0 saturated heterocycles. The number of benzene rings is 2. The van der Waals surface area contributed by atoms with E-state index in [0.717, 1.165) is 5.56 Å². The van der Waals surface area contributed by atoms with Crippen molar-refractivity contribution in [3.8, 4) is 5.75 Å². The van der Waals surface area contributed by atoms with Crippen LogP contribution in [0.4, 0.5) is 0 Å². The molecule has 0 saturated carbocycles. The molecule has 0 aliphatic carbocycles. The van der Waals surface area contributed by atoms with Gasteiger partial charge in [-0.1, -0.05) is 49.4 Å². The number of rotatable bonds is 8. The average Bonchev–Trinajstić information content (AvgIpc) is 2.61. The molecule has 0 aromatic heterocycles. The standard InChI is InChI=1S/C20H25NO4/c1-15(13-20(21,23)17-6-4-3-5-7-17)14-25-18-10-8-16(9-11-18)12-19(22)24-2/h3-11,15,23H,12-14,21H2,1-2H3/t15-,20-/m0/s1. The molecule has 2 atom stereocenters. The van der Waals surface area contributed by atoms with Crippen LogP contribution in [-0.4, -0.2) is 24.8 Å². The summed E-state index contributed by atoms with van der Waals surface area (Å²) >= 11 is 0. The summed E-state index contributed by atoms with van der Waals surface area (Å²) < 4.78 is 10.4. The molecule has 3 N–H and O–H groups in total. The normalized spacial score (nSPS) is 14.4. The van der Waals surface area contributed by atoms with E-state index in [1.165, 1.54) is 7.11 Å². The Bertz CT molecular complexity index is 668. The van der Waals surface area contributed by atoms with Crippen LogP contribution in [0.1, 0.15) is 24.5 Å². The molecule has 2 aromatic rings. The van der Waals surface area contributed by atoms with Crippen LogP contribution in [0.25, 0.3) is 0 Å². The molecule has 25 heavy (non-hydrogen) atoms. The number of ether oxygens (including phenoxy) is 2. The van der Waals surface area contributed by atoms with E-state index in [1.54, 1.807) is 0 Å². The summed E-state index contributed by atoms with van der Waals surface area (Å²) in [5.41, 5.74) is 6.22.